The van der Waals surface area contributed by atoms with Gasteiger partial charge >= 0.3 is 0 Å². The molecular weight excluding hydrogens is 280 g/mol. The lowest BCUT2D eigenvalue weighted by Gasteiger charge is -2.43. The topological polar surface area (TPSA) is 9.23 Å². The Kier molecular flexibility index (Phi) is 8.44. The normalized spacial score (nSPS) is 35.3. The third-order valence-electron chi connectivity index (χ3n) is 7.10. The molecule has 2 saturated carbocycles. The standard InChI is InChI=1S/C22H42O/c1-4-6-7-8-9-19-10-12-20(13-11-19)21-14-17-22(23-3,16-5-2)18-15-21/h19-21H,4-18H2,1-3H3/t19?,20?,21-,22+. The zero-order valence-corrected chi connectivity index (χ0v) is 16.2. The first-order chi connectivity index (χ1) is 11.2. The van der Waals surface area contributed by atoms with E-state index in [1.54, 1.807) is 0 Å². The second-order valence-electron chi connectivity index (χ2n) is 8.60. The Morgan fingerprint density at radius 2 is 1.43 bits per heavy atom. The van der Waals surface area contributed by atoms with Gasteiger partial charge in [-0.1, -0.05) is 65.2 Å². The van der Waals surface area contributed by atoms with Crippen molar-refractivity contribution in [2.45, 2.75) is 116 Å². The van der Waals surface area contributed by atoms with Crippen LogP contribution in [0, 0.1) is 17.8 Å². The quantitative estimate of drug-likeness (QED) is 0.410. The predicted octanol–water partition coefficient (Wildman–Crippen LogP) is 7.14. The van der Waals surface area contributed by atoms with Crippen molar-refractivity contribution in [2.24, 2.45) is 17.8 Å². The molecule has 0 bridgehead atoms. The van der Waals surface area contributed by atoms with Gasteiger partial charge in [0.1, 0.15) is 0 Å². The van der Waals surface area contributed by atoms with Crippen molar-refractivity contribution in [3.63, 3.8) is 0 Å². The molecule has 0 unspecified atom stereocenters. The Morgan fingerprint density at radius 1 is 0.783 bits per heavy atom. The molecule has 0 radical (unpaired) electrons. The predicted molar refractivity (Wildman–Crippen MR) is 101 cm³/mol. The van der Waals surface area contributed by atoms with Gasteiger partial charge in [0, 0.05) is 7.11 Å². The summed E-state index contributed by atoms with van der Waals surface area (Å²) in [6, 6.07) is 0. The van der Waals surface area contributed by atoms with Crippen LogP contribution in [0.1, 0.15) is 110 Å². The summed E-state index contributed by atoms with van der Waals surface area (Å²) in [4.78, 5) is 0. The molecule has 0 aromatic carbocycles. The van der Waals surface area contributed by atoms with E-state index in [1.165, 1.54) is 96.3 Å². The third-order valence-corrected chi connectivity index (χ3v) is 7.10. The fourth-order valence-corrected chi connectivity index (χ4v) is 5.46. The minimum Gasteiger partial charge on any atom is -0.378 e. The minimum absolute atomic E-state index is 0.238. The summed E-state index contributed by atoms with van der Waals surface area (Å²) in [7, 11) is 1.94. The van der Waals surface area contributed by atoms with Crippen molar-refractivity contribution in [1.82, 2.24) is 0 Å². The second-order valence-corrected chi connectivity index (χ2v) is 8.60. The maximum absolute atomic E-state index is 5.94. The Labute approximate surface area is 146 Å². The van der Waals surface area contributed by atoms with Crippen LogP contribution in [0.5, 0.6) is 0 Å². The lowest BCUT2D eigenvalue weighted by atomic mass is 9.67. The van der Waals surface area contributed by atoms with E-state index in [9.17, 15) is 0 Å². The van der Waals surface area contributed by atoms with Crippen LogP contribution in [0.2, 0.25) is 0 Å². The number of hydrogen-bond donors (Lipinski definition) is 0. The SMILES string of the molecule is CCCCCCC1CCC([C@H]2CC[C@@](CCC)(OC)CC2)CC1. The average Bonchev–Trinajstić information content (AvgIpc) is 2.60. The summed E-state index contributed by atoms with van der Waals surface area (Å²) in [5.74, 6) is 3.11. The molecule has 23 heavy (non-hydrogen) atoms. The first-order valence-electron chi connectivity index (χ1n) is 10.8. The highest BCUT2D eigenvalue weighted by atomic mass is 16.5. The van der Waals surface area contributed by atoms with Crippen molar-refractivity contribution in [1.29, 1.82) is 0 Å². The fourth-order valence-electron chi connectivity index (χ4n) is 5.46. The zero-order valence-electron chi connectivity index (χ0n) is 16.2. The average molecular weight is 323 g/mol. The molecule has 0 heterocycles. The van der Waals surface area contributed by atoms with Gasteiger partial charge in [0.2, 0.25) is 0 Å². The summed E-state index contributed by atoms with van der Waals surface area (Å²) < 4.78 is 5.94. The highest BCUT2D eigenvalue weighted by Gasteiger charge is 2.37. The van der Waals surface area contributed by atoms with Crippen LogP contribution < -0.4 is 0 Å². The lowest BCUT2D eigenvalue weighted by Crippen LogP contribution is -2.38. The highest BCUT2D eigenvalue weighted by Crippen LogP contribution is 2.45. The summed E-state index contributed by atoms with van der Waals surface area (Å²) in [5.41, 5.74) is 0.238. The van der Waals surface area contributed by atoms with Gasteiger partial charge in [-0.25, -0.2) is 0 Å². The Bertz CT molecular complexity index is 295. The van der Waals surface area contributed by atoms with Gasteiger partial charge in [-0.15, -0.1) is 0 Å². The van der Waals surface area contributed by atoms with Crippen LogP contribution in [0.3, 0.4) is 0 Å². The van der Waals surface area contributed by atoms with E-state index in [0.717, 1.165) is 17.8 Å². The summed E-state index contributed by atoms with van der Waals surface area (Å²) >= 11 is 0. The van der Waals surface area contributed by atoms with Crippen molar-refractivity contribution in [3.05, 3.63) is 0 Å². The van der Waals surface area contributed by atoms with E-state index in [0.29, 0.717) is 0 Å². The van der Waals surface area contributed by atoms with Gasteiger partial charge in [0.15, 0.2) is 0 Å². The Hall–Kier alpha value is -0.0400. The summed E-state index contributed by atoms with van der Waals surface area (Å²) in [6.45, 7) is 4.61. The molecule has 1 nitrogen and oxygen atoms in total. The first-order valence-corrected chi connectivity index (χ1v) is 10.8. The molecule has 0 spiro atoms. The molecule has 0 N–H and O–H groups in total. The lowest BCUT2D eigenvalue weighted by molar-refractivity contribution is -0.0629. The number of unbranched alkanes of at least 4 members (excludes halogenated alkanes) is 3. The van der Waals surface area contributed by atoms with Crippen LogP contribution in [0.25, 0.3) is 0 Å². The maximum atomic E-state index is 5.94. The molecule has 1 heteroatoms. The molecule has 0 atom stereocenters. The minimum atomic E-state index is 0.238. The Morgan fingerprint density at radius 3 is 2.00 bits per heavy atom. The molecule has 2 fully saturated rings. The van der Waals surface area contributed by atoms with Crippen LogP contribution in [0.15, 0.2) is 0 Å². The van der Waals surface area contributed by atoms with Gasteiger partial charge in [-0.3, -0.25) is 0 Å². The van der Waals surface area contributed by atoms with Gasteiger partial charge in [-0.05, 0) is 62.7 Å². The van der Waals surface area contributed by atoms with Crippen LogP contribution in [-0.2, 0) is 4.74 Å². The zero-order chi connectivity index (χ0) is 16.5. The van der Waals surface area contributed by atoms with E-state index in [2.05, 4.69) is 13.8 Å². The molecule has 0 saturated heterocycles. The molecule has 0 amide bonds. The van der Waals surface area contributed by atoms with E-state index >= 15 is 0 Å². The van der Waals surface area contributed by atoms with Gasteiger partial charge in [0.25, 0.3) is 0 Å². The van der Waals surface area contributed by atoms with Gasteiger partial charge < -0.3 is 4.74 Å². The van der Waals surface area contributed by atoms with E-state index in [4.69, 9.17) is 4.74 Å². The van der Waals surface area contributed by atoms with Crippen LogP contribution in [0.4, 0.5) is 0 Å². The third kappa shape index (κ3) is 5.76. The molecule has 2 aliphatic rings. The fraction of sp³-hybridized carbons (Fsp3) is 1.00. The molecular formula is C22H42O. The van der Waals surface area contributed by atoms with Crippen LogP contribution in [-0.4, -0.2) is 12.7 Å². The highest BCUT2D eigenvalue weighted by molar-refractivity contribution is 4.90. The first kappa shape index (κ1) is 19.3. The number of rotatable bonds is 9. The summed E-state index contributed by atoms with van der Waals surface area (Å²) in [5, 5.41) is 0. The van der Waals surface area contributed by atoms with Crippen molar-refractivity contribution >= 4 is 0 Å². The smallest absolute Gasteiger partial charge is 0.0678 e. The van der Waals surface area contributed by atoms with Crippen molar-refractivity contribution in [3.8, 4) is 0 Å². The molecule has 2 aliphatic carbocycles. The van der Waals surface area contributed by atoms with E-state index in [-0.39, 0.29) is 5.60 Å². The number of hydrogen-bond acceptors (Lipinski definition) is 1. The largest absolute Gasteiger partial charge is 0.378 e. The molecule has 0 aromatic heterocycles. The second kappa shape index (κ2) is 10.1. The number of methoxy groups -OCH3 is 1. The van der Waals surface area contributed by atoms with Crippen molar-refractivity contribution < 1.29 is 4.74 Å². The molecule has 2 rings (SSSR count). The van der Waals surface area contributed by atoms with Gasteiger partial charge in [-0.2, -0.15) is 0 Å². The van der Waals surface area contributed by atoms with Crippen LogP contribution >= 0.6 is 0 Å². The Balaban J connectivity index is 1.66. The number of ether oxygens (including phenoxy) is 1. The van der Waals surface area contributed by atoms with Crippen molar-refractivity contribution in [2.75, 3.05) is 7.11 Å². The maximum Gasteiger partial charge on any atom is 0.0678 e. The summed E-state index contributed by atoms with van der Waals surface area (Å²) in [6.07, 6.45) is 21.4. The molecule has 136 valence electrons. The molecule has 0 aromatic rings. The monoisotopic (exact) mass is 322 g/mol. The van der Waals surface area contributed by atoms with Gasteiger partial charge in [0.05, 0.1) is 5.60 Å². The molecule has 0 aliphatic heterocycles. The van der Waals surface area contributed by atoms with E-state index in [1.807, 2.05) is 7.11 Å². The van der Waals surface area contributed by atoms with E-state index < -0.39 is 0 Å².